The fourth-order valence-corrected chi connectivity index (χ4v) is 3.23. The second-order valence-electron chi connectivity index (χ2n) is 5.11. The topological polar surface area (TPSA) is 29.5 Å². The normalized spacial score (nSPS) is 23.5. The van der Waals surface area contributed by atoms with Gasteiger partial charge in [-0.25, -0.2) is 0 Å². The molecule has 19 heavy (non-hydrogen) atoms. The molecule has 0 N–H and O–H groups in total. The summed E-state index contributed by atoms with van der Waals surface area (Å²) in [4.78, 5) is 14.4. The maximum Gasteiger partial charge on any atom is 0.255 e. The summed E-state index contributed by atoms with van der Waals surface area (Å²) < 4.78 is 6.25. The first-order chi connectivity index (χ1) is 8.95. The summed E-state index contributed by atoms with van der Waals surface area (Å²) in [6.45, 7) is 3.44. The van der Waals surface area contributed by atoms with Crippen LogP contribution in [0.2, 0.25) is 5.02 Å². The first-order valence-corrected chi connectivity index (χ1v) is 7.42. The number of amides is 1. The number of rotatable bonds is 2. The van der Waals surface area contributed by atoms with Crippen LogP contribution in [-0.2, 0) is 4.74 Å². The highest BCUT2D eigenvalue weighted by Gasteiger charge is 2.33. The van der Waals surface area contributed by atoms with Crippen molar-refractivity contribution in [2.45, 2.75) is 25.4 Å². The van der Waals surface area contributed by atoms with Gasteiger partial charge in [0.2, 0.25) is 0 Å². The standard InChI is InChI=1S/C14H17BrClNO2/c1-14(19-2)6-3-7-17(9-14)13(18)11-5-4-10(16)8-12(11)15/h4-5,8H,3,6-7,9H2,1-2H3. The zero-order chi connectivity index (χ0) is 14.0. The lowest BCUT2D eigenvalue weighted by Crippen LogP contribution is -2.49. The molecule has 1 aliphatic rings. The van der Waals surface area contributed by atoms with Gasteiger partial charge < -0.3 is 9.64 Å². The Morgan fingerprint density at radius 1 is 1.53 bits per heavy atom. The third-order valence-corrected chi connectivity index (χ3v) is 4.49. The maximum absolute atomic E-state index is 12.5. The maximum atomic E-state index is 12.5. The fourth-order valence-electron chi connectivity index (χ4n) is 2.38. The Kier molecular flexibility index (Phi) is 4.54. The van der Waals surface area contributed by atoms with Gasteiger partial charge in [0.05, 0.1) is 11.2 Å². The van der Waals surface area contributed by atoms with E-state index in [1.165, 1.54) is 0 Å². The minimum atomic E-state index is -0.243. The van der Waals surface area contributed by atoms with Gasteiger partial charge in [-0.2, -0.15) is 0 Å². The summed E-state index contributed by atoms with van der Waals surface area (Å²) >= 11 is 9.30. The Bertz CT molecular complexity index is 494. The van der Waals surface area contributed by atoms with Gasteiger partial charge in [-0.1, -0.05) is 11.6 Å². The SMILES string of the molecule is COC1(C)CCCN(C(=O)c2ccc(Cl)cc2Br)C1. The van der Waals surface area contributed by atoms with Crippen LogP contribution < -0.4 is 0 Å². The second kappa shape index (κ2) is 5.81. The highest BCUT2D eigenvalue weighted by Crippen LogP contribution is 2.28. The van der Waals surface area contributed by atoms with Crippen LogP contribution in [0.3, 0.4) is 0 Å². The summed E-state index contributed by atoms with van der Waals surface area (Å²) in [6.07, 6.45) is 1.94. The van der Waals surface area contributed by atoms with E-state index in [0.29, 0.717) is 17.1 Å². The molecule has 1 amide bonds. The highest BCUT2D eigenvalue weighted by atomic mass is 79.9. The number of hydrogen-bond acceptors (Lipinski definition) is 2. The predicted molar refractivity (Wildman–Crippen MR) is 79.7 cm³/mol. The Hall–Kier alpha value is -0.580. The molecule has 0 bridgehead atoms. The monoisotopic (exact) mass is 345 g/mol. The first kappa shape index (κ1) is 14.8. The second-order valence-corrected chi connectivity index (χ2v) is 6.40. The van der Waals surface area contributed by atoms with Crippen LogP contribution in [0.25, 0.3) is 0 Å². The van der Waals surface area contributed by atoms with Crippen molar-refractivity contribution in [3.05, 3.63) is 33.3 Å². The molecule has 1 heterocycles. The van der Waals surface area contributed by atoms with Crippen molar-refractivity contribution in [3.63, 3.8) is 0 Å². The van der Waals surface area contributed by atoms with Crippen LogP contribution in [0, 0.1) is 0 Å². The molecule has 1 saturated heterocycles. The van der Waals surface area contributed by atoms with E-state index in [2.05, 4.69) is 15.9 Å². The molecular formula is C14H17BrClNO2. The largest absolute Gasteiger partial charge is 0.377 e. The Labute approximate surface area is 127 Å². The minimum Gasteiger partial charge on any atom is -0.377 e. The van der Waals surface area contributed by atoms with Gasteiger partial charge in [-0.3, -0.25) is 4.79 Å². The molecule has 1 unspecified atom stereocenters. The van der Waals surface area contributed by atoms with Crippen molar-refractivity contribution in [3.8, 4) is 0 Å². The first-order valence-electron chi connectivity index (χ1n) is 6.25. The van der Waals surface area contributed by atoms with Crippen LogP contribution in [-0.4, -0.2) is 36.6 Å². The van der Waals surface area contributed by atoms with Crippen LogP contribution in [0.15, 0.2) is 22.7 Å². The number of nitrogens with zero attached hydrogens (tertiary/aromatic N) is 1. The highest BCUT2D eigenvalue weighted by molar-refractivity contribution is 9.10. The van der Waals surface area contributed by atoms with Gasteiger partial charge in [0.25, 0.3) is 5.91 Å². The molecule has 0 spiro atoms. The van der Waals surface area contributed by atoms with Crippen molar-refractivity contribution in [1.82, 2.24) is 4.90 Å². The van der Waals surface area contributed by atoms with Crippen molar-refractivity contribution < 1.29 is 9.53 Å². The molecule has 2 rings (SSSR count). The van der Waals surface area contributed by atoms with Crippen molar-refractivity contribution in [1.29, 1.82) is 0 Å². The summed E-state index contributed by atoms with van der Waals surface area (Å²) in [5, 5.41) is 0.615. The Morgan fingerprint density at radius 2 is 2.26 bits per heavy atom. The van der Waals surface area contributed by atoms with E-state index in [9.17, 15) is 4.79 Å². The summed E-state index contributed by atoms with van der Waals surface area (Å²) in [5.41, 5.74) is 0.400. The number of methoxy groups -OCH3 is 1. The van der Waals surface area contributed by atoms with Gasteiger partial charge >= 0.3 is 0 Å². The summed E-state index contributed by atoms with van der Waals surface area (Å²) in [7, 11) is 1.70. The van der Waals surface area contributed by atoms with Crippen molar-refractivity contribution in [2.75, 3.05) is 20.2 Å². The van der Waals surface area contributed by atoms with Crippen molar-refractivity contribution >= 4 is 33.4 Å². The molecule has 1 aromatic carbocycles. The average Bonchev–Trinajstić information content (AvgIpc) is 2.38. The smallest absolute Gasteiger partial charge is 0.255 e. The van der Waals surface area contributed by atoms with E-state index >= 15 is 0 Å². The Morgan fingerprint density at radius 3 is 2.89 bits per heavy atom. The summed E-state index contributed by atoms with van der Waals surface area (Å²) in [6, 6.07) is 5.24. The van der Waals surface area contributed by atoms with Crippen molar-refractivity contribution in [2.24, 2.45) is 0 Å². The molecule has 1 atom stereocenters. The number of halogens is 2. The van der Waals surface area contributed by atoms with Gasteiger partial charge in [0, 0.05) is 29.7 Å². The van der Waals surface area contributed by atoms with Crippen LogP contribution in [0.5, 0.6) is 0 Å². The lowest BCUT2D eigenvalue weighted by molar-refractivity contribution is -0.0440. The number of carbonyl (C=O) groups is 1. The zero-order valence-electron chi connectivity index (χ0n) is 11.1. The number of ether oxygens (including phenoxy) is 1. The molecular weight excluding hydrogens is 330 g/mol. The van der Waals surface area contributed by atoms with E-state index in [-0.39, 0.29) is 11.5 Å². The van der Waals surface area contributed by atoms with Gasteiger partial charge in [-0.15, -0.1) is 0 Å². The van der Waals surface area contributed by atoms with E-state index in [1.54, 1.807) is 25.3 Å². The quantitative estimate of drug-likeness (QED) is 0.816. The van der Waals surface area contributed by atoms with Crippen LogP contribution >= 0.6 is 27.5 Å². The molecule has 104 valence electrons. The predicted octanol–water partition coefficient (Wildman–Crippen LogP) is 3.74. The van der Waals surface area contributed by atoms with E-state index < -0.39 is 0 Å². The number of carbonyl (C=O) groups excluding carboxylic acids is 1. The molecule has 3 nitrogen and oxygen atoms in total. The summed E-state index contributed by atoms with van der Waals surface area (Å²) in [5.74, 6) is 0.0199. The number of hydrogen-bond donors (Lipinski definition) is 0. The van der Waals surface area contributed by atoms with E-state index in [1.807, 2.05) is 11.8 Å². The molecule has 5 heteroatoms. The number of piperidine rings is 1. The molecule has 1 fully saturated rings. The van der Waals surface area contributed by atoms with Gasteiger partial charge in [0.1, 0.15) is 0 Å². The van der Waals surface area contributed by atoms with Gasteiger partial charge in [0.15, 0.2) is 0 Å². The molecule has 0 aromatic heterocycles. The molecule has 1 aliphatic heterocycles. The molecule has 0 radical (unpaired) electrons. The third kappa shape index (κ3) is 3.30. The lowest BCUT2D eigenvalue weighted by atomic mass is 9.94. The number of benzene rings is 1. The Balaban J connectivity index is 2.19. The van der Waals surface area contributed by atoms with Gasteiger partial charge in [-0.05, 0) is 53.9 Å². The number of likely N-dealkylation sites (tertiary alicyclic amines) is 1. The molecule has 0 saturated carbocycles. The molecule has 1 aromatic rings. The minimum absolute atomic E-state index is 0.0199. The third-order valence-electron chi connectivity index (χ3n) is 3.60. The van der Waals surface area contributed by atoms with Crippen LogP contribution in [0.1, 0.15) is 30.1 Å². The van der Waals surface area contributed by atoms with E-state index in [4.69, 9.17) is 16.3 Å². The zero-order valence-corrected chi connectivity index (χ0v) is 13.4. The van der Waals surface area contributed by atoms with E-state index in [0.717, 1.165) is 23.9 Å². The lowest BCUT2D eigenvalue weighted by Gasteiger charge is -2.39. The van der Waals surface area contributed by atoms with Crippen LogP contribution in [0.4, 0.5) is 0 Å². The average molecular weight is 347 g/mol. The molecule has 0 aliphatic carbocycles. The fraction of sp³-hybridized carbons (Fsp3) is 0.500.